The maximum atomic E-state index is 12.0. The van der Waals surface area contributed by atoms with Crippen molar-refractivity contribution in [2.24, 2.45) is 11.8 Å². The van der Waals surface area contributed by atoms with E-state index in [0.29, 0.717) is 5.92 Å². The van der Waals surface area contributed by atoms with Crippen LogP contribution in [-0.4, -0.2) is 30.6 Å². The maximum absolute atomic E-state index is 12.0. The Morgan fingerprint density at radius 1 is 1.22 bits per heavy atom. The van der Waals surface area contributed by atoms with Crippen LogP contribution in [0.25, 0.3) is 0 Å². The van der Waals surface area contributed by atoms with Crippen molar-refractivity contribution in [1.82, 2.24) is 10.2 Å². The van der Waals surface area contributed by atoms with E-state index in [2.05, 4.69) is 12.2 Å². The lowest BCUT2D eigenvalue weighted by atomic mass is 10.0. The second-order valence-corrected chi connectivity index (χ2v) is 6.22. The van der Waals surface area contributed by atoms with Gasteiger partial charge in [-0.25, -0.2) is 4.79 Å². The van der Waals surface area contributed by atoms with Crippen molar-refractivity contribution in [2.75, 3.05) is 19.6 Å². The number of nitrogens with one attached hydrogen (secondary N) is 1. The molecule has 1 saturated carbocycles. The Morgan fingerprint density at radius 2 is 2.00 bits per heavy atom. The van der Waals surface area contributed by atoms with Crippen molar-refractivity contribution in [1.29, 1.82) is 0 Å². The predicted octanol–water partition coefficient (Wildman–Crippen LogP) is 3.40. The summed E-state index contributed by atoms with van der Waals surface area (Å²) < 4.78 is 0. The Kier molecular flexibility index (Phi) is 5.33. The highest BCUT2D eigenvalue weighted by atomic mass is 16.2. The number of hydrogen-bond acceptors (Lipinski definition) is 1. The highest BCUT2D eigenvalue weighted by Gasteiger charge is 2.20. The molecule has 0 aromatic carbocycles. The number of amides is 2. The molecule has 1 atom stereocenters. The van der Waals surface area contributed by atoms with E-state index in [-0.39, 0.29) is 6.03 Å². The first-order valence-corrected chi connectivity index (χ1v) is 7.78. The first kappa shape index (κ1) is 13.7. The number of carbonyl (C=O) groups is 1. The summed E-state index contributed by atoms with van der Waals surface area (Å²) in [6.45, 7) is 4.98. The Balaban J connectivity index is 1.56. The molecule has 2 rings (SSSR count). The number of urea groups is 1. The normalized spacial score (nSPS) is 25.4. The molecule has 1 heterocycles. The molecule has 2 amide bonds. The molecule has 18 heavy (non-hydrogen) atoms. The van der Waals surface area contributed by atoms with Gasteiger partial charge in [-0.05, 0) is 37.5 Å². The van der Waals surface area contributed by atoms with Crippen LogP contribution in [0.5, 0.6) is 0 Å². The van der Waals surface area contributed by atoms with Gasteiger partial charge in [0.05, 0.1) is 0 Å². The van der Waals surface area contributed by atoms with Crippen molar-refractivity contribution in [3.8, 4) is 0 Å². The SMILES string of the molecule is CC1CCCN(C(=O)NCCCC2CCCC2)C1. The Hall–Kier alpha value is -0.730. The zero-order valence-corrected chi connectivity index (χ0v) is 11.8. The molecule has 2 fully saturated rings. The van der Waals surface area contributed by atoms with E-state index < -0.39 is 0 Å². The van der Waals surface area contributed by atoms with Crippen molar-refractivity contribution in [3.05, 3.63) is 0 Å². The minimum Gasteiger partial charge on any atom is -0.338 e. The fourth-order valence-electron chi connectivity index (χ4n) is 3.37. The third-order valence-electron chi connectivity index (χ3n) is 4.48. The minimum atomic E-state index is 0.160. The number of likely N-dealkylation sites (tertiary alicyclic amines) is 1. The highest BCUT2D eigenvalue weighted by Crippen LogP contribution is 2.28. The number of hydrogen-bond donors (Lipinski definition) is 1. The van der Waals surface area contributed by atoms with Gasteiger partial charge in [-0.15, -0.1) is 0 Å². The van der Waals surface area contributed by atoms with Crippen LogP contribution in [0.3, 0.4) is 0 Å². The molecular formula is C15H28N2O. The molecule has 0 bridgehead atoms. The third-order valence-corrected chi connectivity index (χ3v) is 4.48. The van der Waals surface area contributed by atoms with E-state index in [9.17, 15) is 4.79 Å². The molecule has 1 saturated heterocycles. The summed E-state index contributed by atoms with van der Waals surface area (Å²) in [5, 5.41) is 3.08. The van der Waals surface area contributed by atoms with Gasteiger partial charge in [-0.2, -0.15) is 0 Å². The Morgan fingerprint density at radius 3 is 2.72 bits per heavy atom. The van der Waals surface area contributed by atoms with Crippen molar-refractivity contribution in [2.45, 2.75) is 58.3 Å². The molecule has 1 N–H and O–H groups in total. The summed E-state index contributed by atoms with van der Waals surface area (Å²) >= 11 is 0. The Labute approximate surface area is 111 Å². The number of rotatable bonds is 4. The average molecular weight is 252 g/mol. The summed E-state index contributed by atoms with van der Waals surface area (Å²) in [5.41, 5.74) is 0. The van der Waals surface area contributed by atoms with Crippen LogP contribution in [0, 0.1) is 11.8 Å². The van der Waals surface area contributed by atoms with Gasteiger partial charge in [0, 0.05) is 19.6 Å². The van der Waals surface area contributed by atoms with Gasteiger partial charge < -0.3 is 10.2 Å². The smallest absolute Gasteiger partial charge is 0.317 e. The molecule has 0 radical (unpaired) electrons. The largest absolute Gasteiger partial charge is 0.338 e. The van der Waals surface area contributed by atoms with E-state index in [0.717, 1.165) is 38.4 Å². The molecule has 0 aromatic heterocycles. The highest BCUT2D eigenvalue weighted by molar-refractivity contribution is 5.74. The van der Waals surface area contributed by atoms with Crippen molar-refractivity contribution < 1.29 is 4.79 Å². The number of nitrogens with zero attached hydrogens (tertiary/aromatic N) is 1. The van der Waals surface area contributed by atoms with E-state index in [1.54, 1.807) is 0 Å². The lowest BCUT2D eigenvalue weighted by Crippen LogP contribution is -2.45. The second-order valence-electron chi connectivity index (χ2n) is 6.22. The van der Waals surface area contributed by atoms with Gasteiger partial charge in [0.2, 0.25) is 0 Å². The molecule has 1 aliphatic carbocycles. The molecule has 1 aliphatic heterocycles. The number of carbonyl (C=O) groups excluding carboxylic acids is 1. The monoisotopic (exact) mass is 252 g/mol. The standard InChI is InChI=1S/C15H28N2O/c1-13-6-5-11-17(12-13)15(18)16-10-4-9-14-7-2-3-8-14/h13-14H,2-12H2,1H3,(H,16,18). The van der Waals surface area contributed by atoms with Gasteiger partial charge in [-0.3, -0.25) is 0 Å². The maximum Gasteiger partial charge on any atom is 0.317 e. The molecular weight excluding hydrogens is 224 g/mol. The molecule has 3 heteroatoms. The van der Waals surface area contributed by atoms with Crippen LogP contribution in [-0.2, 0) is 0 Å². The van der Waals surface area contributed by atoms with E-state index in [1.807, 2.05) is 4.90 Å². The van der Waals surface area contributed by atoms with Gasteiger partial charge in [0.1, 0.15) is 0 Å². The van der Waals surface area contributed by atoms with Crippen LogP contribution in [0.4, 0.5) is 4.79 Å². The van der Waals surface area contributed by atoms with E-state index in [1.165, 1.54) is 38.5 Å². The fraction of sp³-hybridized carbons (Fsp3) is 0.933. The molecule has 0 aromatic rings. The third kappa shape index (κ3) is 4.18. The Bertz CT molecular complexity index is 261. The predicted molar refractivity (Wildman–Crippen MR) is 74.6 cm³/mol. The van der Waals surface area contributed by atoms with Gasteiger partial charge >= 0.3 is 6.03 Å². The fourth-order valence-corrected chi connectivity index (χ4v) is 3.37. The van der Waals surface area contributed by atoms with Crippen LogP contribution in [0.15, 0.2) is 0 Å². The average Bonchev–Trinajstić information content (AvgIpc) is 2.87. The quantitative estimate of drug-likeness (QED) is 0.764. The lowest BCUT2D eigenvalue weighted by molar-refractivity contribution is 0.169. The molecule has 0 spiro atoms. The van der Waals surface area contributed by atoms with Crippen LogP contribution < -0.4 is 5.32 Å². The van der Waals surface area contributed by atoms with Crippen molar-refractivity contribution in [3.63, 3.8) is 0 Å². The number of piperidine rings is 1. The lowest BCUT2D eigenvalue weighted by Gasteiger charge is -2.31. The van der Waals surface area contributed by atoms with E-state index >= 15 is 0 Å². The second kappa shape index (κ2) is 7.01. The van der Waals surface area contributed by atoms with Crippen LogP contribution in [0.1, 0.15) is 58.3 Å². The van der Waals surface area contributed by atoms with Crippen molar-refractivity contribution >= 4 is 6.03 Å². The molecule has 104 valence electrons. The summed E-state index contributed by atoms with van der Waals surface area (Å²) in [5.74, 6) is 1.61. The van der Waals surface area contributed by atoms with Crippen LogP contribution >= 0.6 is 0 Å². The zero-order chi connectivity index (χ0) is 12.8. The zero-order valence-electron chi connectivity index (χ0n) is 11.8. The topological polar surface area (TPSA) is 32.3 Å². The first-order valence-electron chi connectivity index (χ1n) is 7.78. The van der Waals surface area contributed by atoms with E-state index in [4.69, 9.17) is 0 Å². The van der Waals surface area contributed by atoms with Gasteiger partial charge in [0.25, 0.3) is 0 Å². The molecule has 2 aliphatic rings. The molecule has 3 nitrogen and oxygen atoms in total. The summed E-state index contributed by atoms with van der Waals surface area (Å²) in [4.78, 5) is 13.9. The first-order chi connectivity index (χ1) is 8.75. The summed E-state index contributed by atoms with van der Waals surface area (Å²) in [7, 11) is 0. The van der Waals surface area contributed by atoms with Crippen LogP contribution in [0.2, 0.25) is 0 Å². The van der Waals surface area contributed by atoms with Gasteiger partial charge in [0.15, 0.2) is 0 Å². The minimum absolute atomic E-state index is 0.160. The van der Waals surface area contributed by atoms with Gasteiger partial charge in [-0.1, -0.05) is 32.6 Å². The molecule has 1 unspecified atom stereocenters. The summed E-state index contributed by atoms with van der Waals surface area (Å²) in [6.07, 6.45) is 10.6. The summed E-state index contributed by atoms with van der Waals surface area (Å²) in [6, 6.07) is 0.160.